The van der Waals surface area contributed by atoms with Crippen molar-refractivity contribution in [2.45, 2.75) is 13.3 Å². The molecule has 7 heteroatoms. The first-order valence-corrected chi connectivity index (χ1v) is 6.45. The standard InChI is InChI=1S/C12H14N4OS.ClH/c1-8-2-3-9(6-14-8)15-12(17)10-7-18-11(16-10)4-5-13;/h2-3,6-7H,4-5,13H2,1H3,(H,15,17);1H. The highest BCUT2D eigenvalue weighted by Crippen LogP contribution is 2.12. The van der Waals surface area contributed by atoms with Crippen LogP contribution in [-0.4, -0.2) is 22.4 Å². The molecule has 0 spiro atoms. The Hall–Kier alpha value is -1.50. The second-order valence-electron chi connectivity index (χ2n) is 3.81. The molecule has 2 heterocycles. The van der Waals surface area contributed by atoms with Gasteiger partial charge in [0.25, 0.3) is 5.91 Å². The summed E-state index contributed by atoms with van der Waals surface area (Å²) in [7, 11) is 0. The number of aryl methyl sites for hydroxylation is 1. The van der Waals surface area contributed by atoms with Crippen LogP contribution in [0, 0.1) is 6.92 Å². The summed E-state index contributed by atoms with van der Waals surface area (Å²) in [5.74, 6) is -0.222. The zero-order chi connectivity index (χ0) is 13.0. The van der Waals surface area contributed by atoms with Crippen molar-refractivity contribution in [2.24, 2.45) is 5.73 Å². The van der Waals surface area contributed by atoms with Gasteiger partial charge in [0.05, 0.1) is 16.9 Å². The van der Waals surface area contributed by atoms with Gasteiger partial charge in [-0.2, -0.15) is 0 Å². The van der Waals surface area contributed by atoms with Gasteiger partial charge in [-0.1, -0.05) is 0 Å². The Morgan fingerprint density at radius 1 is 1.47 bits per heavy atom. The molecule has 0 aliphatic rings. The van der Waals surface area contributed by atoms with Crippen molar-refractivity contribution in [2.75, 3.05) is 11.9 Å². The van der Waals surface area contributed by atoms with Gasteiger partial charge in [-0.05, 0) is 25.6 Å². The molecule has 19 heavy (non-hydrogen) atoms. The fraction of sp³-hybridized carbons (Fsp3) is 0.250. The van der Waals surface area contributed by atoms with E-state index in [2.05, 4.69) is 15.3 Å². The number of amides is 1. The molecule has 0 saturated heterocycles. The zero-order valence-electron chi connectivity index (χ0n) is 10.4. The summed E-state index contributed by atoms with van der Waals surface area (Å²) >= 11 is 1.45. The minimum absolute atomic E-state index is 0. The van der Waals surface area contributed by atoms with Crippen LogP contribution in [0.15, 0.2) is 23.7 Å². The van der Waals surface area contributed by atoms with E-state index in [1.165, 1.54) is 11.3 Å². The smallest absolute Gasteiger partial charge is 0.275 e. The minimum Gasteiger partial charge on any atom is -0.330 e. The highest BCUT2D eigenvalue weighted by atomic mass is 35.5. The topological polar surface area (TPSA) is 80.9 Å². The third-order valence-electron chi connectivity index (χ3n) is 2.31. The number of carbonyl (C=O) groups is 1. The van der Waals surface area contributed by atoms with E-state index in [4.69, 9.17) is 5.73 Å². The van der Waals surface area contributed by atoms with E-state index < -0.39 is 0 Å². The van der Waals surface area contributed by atoms with Crippen molar-refractivity contribution < 1.29 is 4.79 Å². The number of pyridine rings is 1. The number of aromatic nitrogens is 2. The summed E-state index contributed by atoms with van der Waals surface area (Å²) in [6, 6.07) is 3.66. The van der Waals surface area contributed by atoms with E-state index in [0.717, 1.165) is 10.7 Å². The van der Waals surface area contributed by atoms with Gasteiger partial charge < -0.3 is 11.1 Å². The number of thiazole rings is 1. The maximum Gasteiger partial charge on any atom is 0.275 e. The summed E-state index contributed by atoms with van der Waals surface area (Å²) in [5, 5.41) is 5.37. The Labute approximate surface area is 121 Å². The first kappa shape index (κ1) is 15.6. The molecule has 0 aliphatic carbocycles. The van der Waals surface area contributed by atoms with Crippen molar-refractivity contribution in [3.05, 3.63) is 40.1 Å². The van der Waals surface area contributed by atoms with Crippen LogP contribution in [0.3, 0.4) is 0 Å². The van der Waals surface area contributed by atoms with Crippen LogP contribution < -0.4 is 11.1 Å². The monoisotopic (exact) mass is 298 g/mol. The van der Waals surface area contributed by atoms with Gasteiger partial charge in [-0.3, -0.25) is 9.78 Å². The number of anilines is 1. The SMILES string of the molecule is Cc1ccc(NC(=O)c2csc(CCN)n2)cn1.Cl. The predicted molar refractivity (Wildman–Crippen MR) is 79.0 cm³/mol. The lowest BCUT2D eigenvalue weighted by Gasteiger charge is -2.02. The first-order chi connectivity index (χ1) is 8.69. The molecular formula is C12H15ClN4OS. The molecule has 2 rings (SSSR count). The number of hydrogen-bond acceptors (Lipinski definition) is 5. The van der Waals surface area contributed by atoms with Crippen LogP contribution in [0.25, 0.3) is 0 Å². The van der Waals surface area contributed by atoms with Crippen LogP contribution >= 0.6 is 23.7 Å². The van der Waals surface area contributed by atoms with Gasteiger partial charge in [-0.15, -0.1) is 23.7 Å². The fourth-order valence-electron chi connectivity index (χ4n) is 1.39. The van der Waals surface area contributed by atoms with E-state index in [1.54, 1.807) is 11.6 Å². The minimum atomic E-state index is -0.222. The molecule has 0 aromatic carbocycles. The van der Waals surface area contributed by atoms with Crippen molar-refractivity contribution in [3.63, 3.8) is 0 Å². The van der Waals surface area contributed by atoms with Crippen LogP contribution in [0.5, 0.6) is 0 Å². The molecule has 0 bridgehead atoms. The number of carbonyl (C=O) groups excluding carboxylic acids is 1. The van der Waals surface area contributed by atoms with Crippen LogP contribution in [0.1, 0.15) is 21.2 Å². The third kappa shape index (κ3) is 4.27. The summed E-state index contributed by atoms with van der Waals surface area (Å²) < 4.78 is 0. The van der Waals surface area contributed by atoms with Gasteiger partial charge >= 0.3 is 0 Å². The Bertz CT molecular complexity index is 541. The lowest BCUT2D eigenvalue weighted by Crippen LogP contribution is -2.13. The highest BCUT2D eigenvalue weighted by molar-refractivity contribution is 7.09. The first-order valence-electron chi connectivity index (χ1n) is 5.57. The molecule has 2 aromatic rings. The van der Waals surface area contributed by atoms with Crippen LogP contribution in [-0.2, 0) is 6.42 Å². The van der Waals surface area contributed by atoms with E-state index in [0.29, 0.717) is 24.3 Å². The second kappa shape index (κ2) is 7.18. The number of nitrogens with one attached hydrogen (secondary N) is 1. The number of nitrogens with two attached hydrogens (primary N) is 1. The van der Waals surface area contributed by atoms with Crippen molar-refractivity contribution in [1.29, 1.82) is 0 Å². The zero-order valence-corrected chi connectivity index (χ0v) is 12.1. The fourth-order valence-corrected chi connectivity index (χ4v) is 2.18. The van der Waals surface area contributed by atoms with Crippen molar-refractivity contribution >= 4 is 35.3 Å². The summed E-state index contributed by atoms with van der Waals surface area (Å²) in [5.41, 5.74) is 7.44. The molecule has 2 aromatic heterocycles. The molecule has 1 amide bonds. The number of halogens is 1. The molecule has 0 fully saturated rings. The normalized spacial score (nSPS) is 9.79. The predicted octanol–water partition coefficient (Wildman–Crippen LogP) is 2.02. The molecule has 3 N–H and O–H groups in total. The molecule has 0 radical (unpaired) electrons. The molecule has 5 nitrogen and oxygen atoms in total. The van der Waals surface area contributed by atoms with Gasteiger partial charge in [0.2, 0.25) is 0 Å². The van der Waals surface area contributed by atoms with Crippen LogP contribution in [0.4, 0.5) is 5.69 Å². The van der Waals surface area contributed by atoms with E-state index in [-0.39, 0.29) is 18.3 Å². The summed E-state index contributed by atoms with van der Waals surface area (Å²) in [6.07, 6.45) is 2.32. The Morgan fingerprint density at radius 3 is 2.89 bits per heavy atom. The Balaban J connectivity index is 0.00000180. The van der Waals surface area contributed by atoms with Gasteiger partial charge in [-0.25, -0.2) is 4.98 Å². The lowest BCUT2D eigenvalue weighted by molar-refractivity contribution is 0.102. The summed E-state index contributed by atoms with van der Waals surface area (Å²) in [6.45, 7) is 2.43. The summed E-state index contributed by atoms with van der Waals surface area (Å²) in [4.78, 5) is 20.2. The molecule has 0 atom stereocenters. The van der Waals surface area contributed by atoms with E-state index in [1.807, 2.05) is 19.1 Å². The maximum atomic E-state index is 11.9. The average molecular weight is 299 g/mol. The molecule has 102 valence electrons. The van der Waals surface area contributed by atoms with E-state index in [9.17, 15) is 4.79 Å². The lowest BCUT2D eigenvalue weighted by atomic mass is 10.3. The van der Waals surface area contributed by atoms with Gasteiger partial charge in [0.1, 0.15) is 5.69 Å². The number of hydrogen-bond donors (Lipinski definition) is 2. The van der Waals surface area contributed by atoms with E-state index >= 15 is 0 Å². The average Bonchev–Trinajstić information content (AvgIpc) is 2.81. The molecule has 0 aliphatic heterocycles. The van der Waals surface area contributed by atoms with Gasteiger partial charge in [0, 0.05) is 17.5 Å². The quantitative estimate of drug-likeness (QED) is 0.905. The highest BCUT2D eigenvalue weighted by Gasteiger charge is 2.10. The largest absolute Gasteiger partial charge is 0.330 e. The molecule has 0 saturated carbocycles. The molecular weight excluding hydrogens is 284 g/mol. The van der Waals surface area contributed by atoms with Crippen molar-refractivity contribution in [3.8, 4) is 0 Å². The Morgan fingerprint density at radius 2 is 2.26 bits per heavy atom. The number of rotatable bonds is 4. The van der Waals surface area contributed by atoms with Gasteiger partial charge in [0.15, 0.2) is 0 Å². The number of nitrogens with zero attached hydrogens (tertiary/aromatic N) is 2. The Kier molecular flexibility index (Phi) is 5.88. The second-order valence-corrected chi connectivity index (χ2v) is 4.75. The van der Waals surface area contributed by atoms with Crippen LogP contribution in [0.2, 0.25) is 0 Å². The van der Waals surface area contributed by atoms with Crippen molar-refractivity contribution in [1.82, 2.24) is 9.97 Å². The third-order valence-corrected chi connectivity index (χ3v) is 3.22. The molecule has 0 unspecified atom stereocenters. The maximum absolute atomic E-state index is 11.9.